The van der Waals surface area contributed by atoms with Gasteiger partial charge in [0.05, 0.1) is 0 Å². The summed E-state index contributed by atoms with van der Waals surface area (Å²) >= 11 is 0. The van der Waals surface area contributed by atoms with Crippen LogP contribution in [-0.4, -0.2) is 15.9 Å². The number of hydrogen-bond acceptors (Lipinski definition) is 3. The van der Waals surface area contributed by atoms with Gasteiger partial charge in [-0.15, -0.1) is 0 Å². The number of pyridine rings is 2. The van der Waals surface area contributed by atoms with Gasteiger partial charge in [-0.05, 0) is 24.6 Å². The van der Waals surface area contributed by atoms with Crippen molar-refractivity contribution in [3.05, 3.63) is 58.1 Å². The molecule has 2 rings (SSSR count). The van der Waals surface area contributed by atoms with Crippen LogP contribution in [0.2, 0.25) is 0 Å². The van der Waals surface area contributed by atoms with E-state index in [-0.39, 0.29) is 11.0 Å². The summed E-state index contributed by atoms with van der Waals surface area (Å²) < 4.78 is 0. The zero-order chi connectivity index (χ0) is 12.3. The number of hydrogen-bond donors (Lipinski definition) is 2. The Bertz CT molecular complexity index is 604. The van der Waals surface area contributed by atoms with Crippen molar-refractivity contribution in [2.75, 3.05) is 5.32 Å². The zero-order valence-electron chi connectivity index (χ0n) is 9.23. The van der Waals surface area contributed by atoms with Crippen LogP contribution in [0.4, 0.5) is 5.82 Å². The molecule has 2 aromatic heterocycles. The number of rotatable bonds is 2. The lowest BCUT2D eigenvalue weighted by Gasteiger charge is -2.03. The Morgan fingerprint density at radius 1 is 1.41 bits per heavy atom. The molecule has 0 atom stereocenters. The average Bonchev–Trinajstić information content (AvgIpc) is 2.29. The van der Waals surface area contributed by atoms with Crippen LogP contribution in [0.5, 0.6) is 0 Å². The molecule has 1 amide bonds. The maximum Gasteiger partial charge on any atom is 0.262 e. The van der Waals surface area contributed by atoms with Gasteiger partial charge in [0.1, 0.15) is 11.4 Å². The van der Waals surface area contributed by atoms with Crippen molar-refractivity contribution in [3.8, 4) is 0 Å². The number of carbonyl (C=O) groups excluding carboxylic acids is 1. The highest BCUT2D eigenvalue weighted by molar-refractivity contribution is 6.03. The molecule has 2 aromatic rings. The van der Waals surface area contributed by atoms with E-state index >= 15 is 0 Å². The lowest BCUT2D eigenvalue weighted by molar-refractivity contribution is 0.102. The van der Waals surface area contributed by atoms with E-state index in [1.807, 2.05) is 13.0 Å². The molecule has 86 valence electrons. The van der Waals surface area contributed by atoms with Gasteiger partial charge in [-0.3, -0.25) is 9.59 Å². The fourth-order valence-corrected chi connectivity index (χ4v) is 1.38. The van der Waals surface area contributed by atoms with Gasteiger partial charge in [0.25, 0.3) is 5.91 Å². The molecule has 0 spiro atoms. The van der Waals surface area contributed by atoms with Crippen LogP contribution < -0.4 is 10.7 Å². The summed E-state index contributed by atoms with van der Waals surface area (Å²) in [6.07, 6.45) is 4.44. The van der Waals surface area contributed by atoms with Crippen LogP contribution in [0.1, 0.15) is 15.9 Å². The summed E-state index contributed by atoms with van der Waals surface area (Å²) in [5.74, 6) is -0.0387. The topological polar surface area (TPSA) is 74.8 Å². The van der Waals surface area contributed by atoms with Crippen LogP contribution in [-0.2, 0) is 0 Å². The summed E-state index contributed by atoms with van der Waals surface area (Å²) in [6.45, 7) is 1.90. The van der Waals surface area contributed by atoms with E-state index in [9.17, 15) is 9.59 Å². The Balaban J connectivity index is 2.23. The van der Waals surface area contributed by atoms with Gasteiger partial charge >= 0.3 is 0 Å². The number of nitrogens with one attached hydrogen (secondary N) is 2. The largest absolute Gasteiger partial charge is 0.367 e. The first-order valence-electron chi connectivity index (χ1n) is 5.08. The van der Waals surface area contributed by atoms with Crippen molar-refractivity contribution in [2.24, 2.45) is 0 Å². The number of nitrogens with zero attached hydrogens (tertiary/aromatic N) is 1. The monoisotopic (exact) mass is 229 g/mol. The lowest BCUT2D eigenvalue weighted by atomic mass is 10.2. The fraction of sp³-hybridized carbons (Fsp3) is 0.0833. The SMILES string of the molecule is Cc1ccnc(NC(=O)c2c[nH]ccc2=O)c1. The Hall–Kier alpha value is -2.43. The van der Waals surface area contributed by atoms with Gasteiger partial charge in [0.15, 0.2) is 5.43 Å². The Labute approximate surface area is 97.5 Å². The molecule has 0 saturated heterocycles. The van der Waals surface area contributed by atoms with Crippen LogP contribution in [0.3, 0.4) is 0 Å². The summed E-state index contributed by atoms with van der Waals surface area (Å²) in [6, 6.07) is 4.86. The normalized spacial score (nSPS) is 9.94. The van der Waals surface area contributed by atoms with Crippen molar-refractivity contribution in [1.82, 2.24) is 9.97 Å². The van der Waals surface area contributed by atoms with Crippen molar-refractivity contribution in [3.63, 3.8) is 0 Å². The van der Waals surface area contributed by atoms with Crippen LogP contribution in [0, 0.1) is 6.92 Å². The highest BCUT2D eigenvalue weighted by Gasteiger charge is 2.09. The molecule has 0 aliphatic rings. The van der Waals surface area contributed by atoms with Crippen molar-refractivity contribution >= 4 is 11.7 Å². The molecule has 17 heavy (non-hydrogen) atoms. The van der Waals surface area contributed by atoms with E-state index in [1.54, 1.807) is 12.3 Å². The number of anilines is 1. The maximum absolute atomic E-state index is 11.8. The molecule has 0 unspecified atom stereocenters. The first kappa shape index (κ1) is 11.1. The molecule has 5 nitrogen and oxygen atoms in total. The van der Waals surface area contributed by atoms with E-state index < -0.39 is 5.91 Å². The second kappa shape index (κ2) is 4.61. The molecule has 2 N–H and O–H groups in total. The number of carbonyl (C=O) groups is 1. The summed E-state index contributed by atoms with van der Waals surface area (Å²) in [5, 5.41) is 2.57. The van der Waals surface area contributed by atoms with Gasteiger partial charge in [0.2, 0.25) is 0 Å². The molecular formula is C12H11N3O2. The number of aromatic nitrogens is 2. The summed E-state index contributed by atoms with van der Waals surface area (Å²) in [4.78, 5) is 29.9. The lowest BCUT2D eigenvalue weighted by Crippen LogP contribution is -2.21. The van der Waals surface area contributed by atoms with Gasteiger partial charge in [-0.25, -0.2) is 4.98 Å². The smallest absolute Gasteiger partial charge is 0.262 e. The minimum absolute atomic E-state index is 0.0656. The standard InChI is InChI=1S/C12H11N3O2/c1-8-2-5-14-11(6-8)15-12(17)9-7-13-4-3-10(9)16/h2-7H,1H3,(H,13,16)(H,14,15,17). The highest BCUT2D eigenvalue weighted by atomic mass is 16.2. The molecule has 0 aromatic carbocycles. The van der Waals surface area contributed by atoms with Crippen LogP contribution in [0.15, 0.2) is 41.6 Å². The van der Waals surface area contributed by atoms with Crippen molar-refractivity contribution in [2.45, 2.75) is 6.92 Å². The molecule has 2 heterocycles. The molecule has 0 aliphatic carbocycles. The minimum Gasteiger partial charge on any atom is -0.367 e. The molecule has 0 fully saturated rings. The quantitative estimate of drug-likeness (QED) is 0.815. The number of H-pyrrole nitrogens is 1. The van der Waals surface area contributed by atoms with Gasteiger partial charge in [-0.2, -0.15) is 0 Å². The third-order valence-corrected chi connectivity index (χ3v) is 2.23. The zero-order valence-corrected chi connectivity index (χ0v) is 9.23. The third-order valence-electron chi connectivity index (χ3n) is 2.23. The van der Waals surface area contributed by atoms with E-state index in [1.165, 1.54) is 18.5 Å². The van der Waals surface area contributed by atoms with E-state index in [2.05, 4.69) is 15.3 Å². The molecule has 0 aliphatic heterocycles. The van der Waals surface area contributed by atoms with E-state index in [4.69, 9.17) is 0 Å². The maximum atomic E-state index is 11.8. The van der Waals surface area contributed by atoms with Crippen LogP contribution in [0.25, 0.3) is 0 Å². The molecule has 5 heteroatoms. The molecule has 0 saturated carbocycles. The van der Waals surface area contributed by atoms with Gasteiger partial charge < -0.3 is 10.3 Å². The Morgan fingerprint density at radius 3 is 2.94 bits per heavy atom. The highest BCUT2D eigenvalue weighted by Crippen LogP contribution is 2.06. The minimum atomic E-state index is -0.468. The fourth-order valence-electron chi connectivity index (χ4n) is 1.38. The van der Waals surface area contributed by atoms with E-state index in [0.717, 1.165) is 5.56 Å². The average molecular weight is 229 g/mol. The first-order chi connectivity index (χ1) is 8.16. The number of amides is 1. The van der Waals surface area contributed by atoms with E-state index in [0.29, 0.717) is 5.82 Å². The second-order valence-electron chi connectivity index (χ2n) is 3.59. The number of aromatic amines is 1. The number of aryl methyl sites for hydroxylation is 1. The van der Waals surface area contributed by atoms with Crippen molar-refractivity contribution in [1.29, 1.82) is 0 Å². The predicted molar refractivity (Wildman–Crippen MR) is 64.0 cm³/mol. The van der Waals surface area contributed by atoms with Gasteiger partial charge in [-0.1, -0.05) is 0 Å². The molecule has 0 bridgehead atoms. The van der Waals surface area contributed by atoms with Crippen LogP contribution >= 0.6 is 0 Å². The van der Waals surface area contributed by atoms with Crippen molar-refractivity contribution < 1.29 is 4.79 Å². The van der Waals surface area contributed by atoms with Gasteiger partial charge in [0, 0.05) is 24.7 Å². The Morgan fingerprint density at radius 2 is 2.24 bits per heavy atom. The molecular weight excluding hydrogens is 218 g/mol. The first-order valence-corrected chi connectivity index (χ1v) is 5.08. The predicted octanol–water partition coefficient (Wildman–Crippen LogP) is 1.33. The summed E-state index contributed by atoms with van der Waals surface area (Å²) in [5.41, 5.74) is 0.724. The summed E-state index contributed by atoms with van der Waals surface area (Å²) in [7, 11) is 0. The second-order valence-corrected chi connectivity index (χ2v) is 3.59. The Kier molecular flexibility index (Phi) is 3.00. The third kappa shape index (κ3) is 2.57. The molecule has 0 radical (unpaired) electrons.